The fourth-order valence-corrected chi connectivity index (χ4v) is 8.26. The number of carbonyl (C=O) groups excluding carboxylic acids is 3. The third kappa shape index (κ3) is 5.07. The first-order valence-electron chi connectivity index (χ1n) is 15.2. The van der Waals surface area contributed by atoms with Gasteiger partial charge in [-0.3, -0.25) is 9.59 Å². The molecule has 0 radical (unpaired) electrons. The maximum Gasteiger partial charge on any atom is 0.314 e. The van der Waals surface area contributed by atoms with E-state index in [0.717, 1.165) is 50.5 Å². The summed E-state index contributed by atoms with van der Waals surface area (Å²) >= 11 is 0. The van der Waals surface area contributed by atoms with E-state index >= 15 is 0 Å². The number of nitriles is 1. The third-order valence-corrected chi connectivity index (χ3v) is 12.2. The van der Waals surface area contributed by atoms with Gasteiger partial charge in [-0.2, -0.15) is 5.26 Å². The van der Waals surface area contributed by atoms with Crippen molar-refractivity contribution in [3.63, 3.8) is 0 Å². The highest BCUT2D eigenvalue weighted by atomic mass is 16.2. The second-order valence-corrected chi connectivity index (χ2v) is 15.3. The highest BCUT2D eigenvalue weighted by Crippen LogP contribution is 2.69. The number of urea groups is 1. The van der Waals surface area contributed by atoms with Crippen LogP contribution in [0.2, 0.25) is 0 Å². The second kappa shape index (κ2) is 10.4. The average Bonchev–Trinajstić information content (AvgIpc) is 2.89. The summed E-state index contributed by atoms with van der Waals surface area (Å²) < 4.78 is 0. The molecular weight excluding hydrogens is 498 g/mol. The molecule has 6 heteroatoms. The first-order chi connectivity index (χ1) is 18.3. The standard InChI is InChI=1S/C34H53N3O3/c1-12-29(3,4)15-16-31(7,37-28(40)36-11)17-18-33(9)22(2)24(38)19-26-32(8)20-23(21-35)27(39)30(5,6)25(32)13-14-34(26,33)10/h19-20,22,25H,12-18H2,1-11H3,(H2,36,37,40)/t22?,25-,31-,32-,33+,34+/m0/s1. The monoisotopic (exact) mass is 551 g/mol. The molecule has 222 valence electrons. The number of fused-ring (bicyclic) bond motifs is 3. The molecule has 0 aromatic heterocycles. The molecule has 6 atom stereocenters. The molecule has 1 fully saturated rings. The molecule has 0 aliphatic heterocycles. The number of hydrogen-bond donors (Lipinski definition) is 2. The number of amides is 2. The number of nitrogens with one attached hydrogen (secondary N) is 2. The van der Waals surface area contributed by atoms with Gasteiger partial charge in [0.1, 0.15) is 6.07 Å². The van der Waals surface area contributed by atoms with Crippen LogP contribution in [0.5, 0.6) is 0 Å². The van der Waals surface area contributed by atoms with Crippen LogP contribution in [-0.4, -0.2) is 30.2 Å². The lowest BCUT2D eigenvalue weighted by Crippen LogP contribution is -2.60. The number of allylic oxidation sites excluding steroid dienone is 4. The van der Waals surface area contributed by atoms with Crippen molar-refractivity contribution < 1.29 is 14.4 Å². The SMILES string of the molecule is CCC(C)(C)CC[C@@](C)(CC[C@]1(C)C(C)C(=O)C=C2[C@@]3(C)C=C(C#N)C(=O)C(C)(C)[C@@H]3CC[C@]21C)NC(=O)NC. The Balaban J connectivity index is 2.06. The molecule has 2 amide bonds. The molecule has 0 heterocycles. The van der Waals surface area contributed by atoms with Crippen LogP contribution in [0.15, 0.2) is 23.3 Å². The summed E-state index contributed by atoms with van der Waals surface area (Å²) in [5.74, 6) is -0.140. The van der Waals surface area contributed by atoms with E-state index in [2.05, 4.69) is 72.1 Å². The van der Waals surface area contributed by atoms with Crippen molar-refractivity contribution in [1.29, 1.82) is 5.26 Å². The second-order valence-electron chi connectivity index (χ2n) is 15.3. The zero-order valence-electron chi connectivity index (χ0n) is 26.9. The van der Waals surface area contributed by atoms with Crippen molar-refractivity contribution in [1.82, 2.24) is 10.6 Å². The van der Waals surface area contributed by atoms with Gasteiger partial charge in [0.05, 0.1) is 5.57 Å². The van der Waals surface area contributed by atoms with Crippen LogP contribution in [-0.2, 0) is 9.59 Å². The lowest BCUT2D eigenvalue weighted by atomic mass is 9.39. The number of nitrogens with zero attached hydrogens (tertiary/aromatic N) is 1. The van der Waals surface area contributed by atoms with Crippen LogP contribution in [0, 0.1) is 50.2 Å². The summed E-state index contributed by atoms with van der Waals surface area (Å²) in [6.07, 6.45) is 9.90. The van der Waals surface area contributed by atoms with Crippen molar-refractivity contribution in [2.45, 2.75) is 120 Å². The van der Waals surface area contributed by atoms with Gasteiger partial charge in [-0.1, -0.05) is 80.4 Å². The maximum atomic E-state index is 13.7. The molecule has 1 saturated carbocycles. The summed E-state index contributed by atoms with van der Waals surface area (Å²) in [6.45, 7) is 21.6. The van der Waals surface area contributed by atoms with Crippen LogP contribution < -0.4 is 10.6 Å². The molecule has 0 aromatic rings. The average molecular weight is 552 g/mol. The van der Waals surface area contributed by atoms with E-state index in [-0.39, 0.29) is 51.3 Å². The van der Waals surface area contributed by atoms with Crippen molar-refractivity contribution in [3.8, 4) is 6.07 Å². The van der Waals surface area contributed by atoms with Crippen molar-refractivity contribution >= 4 is 17.6 Å². The number of Topliss-reactive ketones (excluding diaryl/α,β-unsaturated/α-hetero) is 1. The Morgan fingerprint density at radius 3 is 2.27 bits per heavy atom. The quantitative estimate of drug-likeness (QED) is 0.330. The third-order valence-electron chi connectivity index (χ3n) is 12.2. The summed E-state index contributed by atoms with van der Waals surface area (Å²) in [5.41, 5.74) is -0.858. The Morgan fingerprint density at radius 1 is 1.10 bits per heavy atom. The van der Waals surface area contributed by atoms with Crippen LogP contribution in [0.4, 0.5) is 4.79 Å². The minimum atomic E-state index is -0.679. The van der Waals surface area contributed by atoms with Gasteiger partial charge in [-0.25, -0.2) is 4.79 Å². The largest absolute Gasteiger partial charge is 0.341 e. The van der Waals surface area contributed by atoms with Crippen molar-refractivity contribution in [2.24, 2.45) is 38.9 Å². The normalized spacial score (nSPS) is 34.9. The Kier molecular flexibility index (Phi) is 8.38. The van der Waals surface area contributed by atoms with E-state index in [1.807, 2.05) is 26.0 Å². The number of ketones is 2. The Bertz CT molecular complexity index is 1170. The summed E-state index contributed by atoms with van der Waals surface area (Å²) in [7, 11) is 1.64. The Labute approximate surface area is 242 Å². The molecule has 6 nitrogen and oxygen atoms in total. The minimum Gasteiger partial charge on any atom is -0.341 e. The van der Waals surface area contributed by atoms with E-state index in [0.29, 0.717) is 0 Å². The zero-order valence-corrected chi connectivity index (χ0v) is 26.9. The molecule has 3 aliphatic carbocycles. The molecule has 2 N–H and O–H groups in total. The van der Waals surface area contributed by atoms with E-state index < -0.39 is 16.4 Å². The van der Waals surface area contributed by atoms with Crippen LogP contribution >= 0.6 is 0 Å². The lowest BCUT2D eigenvalue weighted by Gasteiger charge is -2.64. The highest BCUT2D eigenvalue weighted by molar-refractivity contribution is 6.04. The number of rotatable bonds is 8. The first-order valence-corrected chi connectivity index (χ1v) is 15.2. The van der Waals surface area contributed by atoms with Gasteiger partial charge in [0.2, 0.25) is 0 Å². The van der Waals surface area contributed by atoms with Crippen molar-refractivity contribution in [2.75, 3.05) is 7.05 Å². The molecule has 1 unspecified atom stereocenters. The first kappa shape index (κ1) is 32.1. The van der Waals surface area contributed by atoms with Gasteiger partial charge < -0.3 is 10.6 Å². The molecule has 0 aromatic carbocycles. The predicted molar refractivity (Wildman–Crippen MR) is 160 cm³/mol. The maximum absolute atomic E-state index is 13.7. The van der Waals surface area contributed by atoms with Crippen LogP contribution in [0.3, 0.4) is 0 Å². The highest BCUT2D eigenvalue weighted by Gasteiger charge is 2.64. The molecule has 0 bridgehead atoms. The fraction of sp³-hybridized carbons (Fsp3) is 0.765. The zero-order chi connectivity index (χ0) is 30.5. The fourth-order valence-electron chi connectivity index (χ4n) is 8.26. The van der Waals surface area contributed by atoms with Gasteiger partial charge in [-0.05, 0) is 73.7 Å². The van der Waals surface area contributed by atoms with E-state index in [9.17, 15) is 19.6 Å². The number of hydrogen-bond acceptors (Lipinski definition) is 4. The van der Waals surface area contributed by atoms with Crippen molar-refractivity contribution in [3.05, 3.63) is 23.3 Å². The molecule has 0 saturated heterocycles. The van der Waals surface area contributed by atoms with Gasteiger partial charge in [0.15, 0.2) is 11.6 Å². The van der Waals surface area contributed by atoms with E-state index in [4.69, 9.17) is 0 Å². The number of carbonyl (C=O) groups is 3. The predicted octanol–water partition coefficient (Wildman–Crippen LogP) is 7.30. The Hall–Kier alpha value is -2.42. The van der Waals surface area contributed by atoms with Gasteiger partial charge >= 0.3 is 6.03 Å². The topological polar surface area (TPSA) is 99.1 Å². The summed E-state index contributed by atoms with van der Waals surface area (Å²) in [4.78, 5) is 39.5. The lowest BCUT2D eigenvalue weighted by molar-refractivity contribution is -0.137. The Morgan fingerprint density at radius 2 is 1.73 bits per heavy atom. The van der Waals surface area contributed by atoms with Gasteiger partial charge in [0, 0.05) is 29.3 Å². The molecule has 40 heavy (non-hydrogen) atoms. The smallest absolute Gasteiger partial charge is 0.314 e. The van der Waals surface area contributed by atoms with Crippen LogP contribution in [0.25, 0.3) is 0 Å². The molecule has 3 rings (SSSR count). The van der Waals surface area contributed by atoms with Gasteiger partial charge in [-0.15, -0.1) is 0 Å². The minimum absolute atomic E-state index is 0.0193. The summed E-state index contributed by atoms with van der Waals surface area (Å²) in [5, 5.41) is 15.9. The van der Waals surface area contributed by atoms with E-state index in [1.165, 1.54) is 0 Å². The molecular formula is C34H53N3O3. The van der Waals surface area contributed by atoms with E-state index in [1.54, 1.807) is 7.05 Å². The molecule has 0 spiro atoms. The van der Waals surface area contributed by atoms with Crippen LogP contribution in [0.1, 0.15) is 114 Å². The summed E-state index contributed by atoms with van der Waals surface area (Å²) in [6, 6.07) is 1.99. The van der Waals surface area contributed by atoms with Gasteiger partial charge in [0.25, 0.3) is 0 Å². The molecule has 3 aliphatic rings.